The minimum absolute atomic E-state index is 0.0000203. The average Bonchev–Trinajstić information content (AvgIpc) is 3.17. The van der Waals surface area contributed by atoms with Gasteiger partial charge in [0.25, 0.3) is 0 Å². The summed E-state index contributed by atoms with van der Waals surface area (Å²) in [5.41, 5.74) is 4.18. The van der Waals surface area contributed by atoms with Crippen LogP contribution < -0.4 is 5.73 Å². The summed E-state index contributed by atoms with van der Waals surface area (Å²) < 4.78 is 38.9. The Labute approximate surface area is 132 Å². The summed E-state index contributed by atoms with van der Waals surface area (Å²) in [6.45, 7) is 0. The number of carboxylic acid groups (broad SMARTS) is 1. The van der Waals surface area contributed by atoms with E-state index in [-0.39, 0.29) is 10.5 Å². The van der Waals surface area contributed by atoms with E-state index in [9.17, 15) is 22.7 Å². The number of hydrogen-bond acceptors (Lipinski definition) is 4. The predicted octanol–water partition coefficient (Wildman–Crippen LogP) is 1.55. The SMILES string of the molecule is N[C@@]1(C(=O)O)[C@H](c2cccc(F)c2)[C@@H]1S(=O)(=O)c1ccccc1. The maximum Gasteiger partial charge on any atom is 0.325 e. The Kier molecular flexibility index (Phi) is 3.50. The van der Waals surface area contributed by atoms with Crippen LogP contribution in [0.2, 0.25) is 0 Å². The third kappa shape index (κ3) is 2.32. The van der Waals surface area contributed by atoms with Gasteiger partial charge in [0.2, 0.25) is 0 Å². The molecule has 0 aliphatic heterocycles. The highest BCUT2D eigenvalue weighted by molar-refractivity contribution is 7.92. The lowest BCUT2D eigenvalue weighted by atomic mass is 10.1. The number of halogens is 1. The van der Waals surface area contributed by atoms with Crippen LogP contribution in [0.5, 0.6) is 0 Å². The second kappa shape index (κ2) is 5.14. The van der Waals surface area contributed by atoms with Gasteiger partial charge in [-0.1, -0.05) is 30.3 Å². The zero-order chi connectivity index (χ0) is 16.8. The third-order valence-electron chi connectivity index (χ3n) is 4.16. The largest absolute Gasteiger partial charge is 0.480 e. The number of sulfone groups is 1. The van der Waals surface area contributed by atoms with E-state index >= 15 is 0 Å². The number of hydrogen-bond donors (Lipinski definition) is 2. The number of carboxylic acids is 1. The fraction of sp³-hybridized carbons (Fsp3) is 0.188. The lowest BCUT2D eigenvalue weighted by molar-refractivity contribution is -0.139. The molecule has 1 aliphatic carbocycles. The maximum atomic E-state index is 13.4. The molecule has 0 bridgehead atoms. The molecule has 3 atom stereocenters. The fourth-order valence-electron chi connectivity index (χ4n) is 2.97. The molecule has 0 saturated heterocycles. The smallest absolute Gasteiger partial charge is 0.325 e. The summed E-state index contributed by atoms with van der Waals surface area (Å²) in [5.74, 6) is -2.99. The van der Waals surface area contributed by atoms with E-state index in [0.717, 1.165) is 6.07 Å². The van der Waals surface area contributed by atoms with Crippen LogP contribution in [-0.4, -0.2) is 30.3 Å². The normalized spacial score (nSPS) is 26.7. The lowest BCUT2D eigenvalue weighted by Crippen LogP contribution is -2.39. The number of carbonyl (C=O) groups is 1. The fourth-order valence-corrected chi connectivity index (χ4v) is 5.22. The second-order valence-corrected chi connectivity index (χ2v) is 7.62. The van der Waals surface area contributed by atoms with Gasteiger partial charge in [0.05, 0.1) is 4.90 Å². The molecular formula is C16H14FNO4S. The molecule has 3 N–H and O–H groups in total. The Balaban J connectivity index is 2.09. The molecule has 1 aliphatic rings. The highest BCUT2D eigenvalue weighted by Gasteiger charge is 2.74. The van der Waals surface area contributed by atoms with Gasteiger partial charge in [0, 0.05) is 5.92 Å². The van der Waals surface area contributed by atoms with Crippen molar-refractivity contribution in [3.05, 3.63) is 66.0 Å². The average molecular weight is 335 g/mol. The molecule has 0 radical (unpaired) electrons. The van der Waals surface area contributed by atoms with Crippen LogP contribution in [0.25, 0.3) is 0 Å². The zero-order valence-corrected chi connectivity index (χ0v) is 12.7. The number of rotatable bonds is 4. The molecule has 7 heteroatoms. The molecule has 1 fully saturated rings. The molecule has 1 saturated carbocycles. The summed E-state index contributed by atoms with van der Waals surface area (Å²) >= 11 is 0. The molecule has 3 rings (SSSR count). The van der Waals surface area contributed by atoms with Crippen molar-refractivity contribution in [1.29, 1.82) is 0 Å². The molecule has 0 heterocycles. The van der Waals surface area contributed by atoms with Crippen molar-refractivity contribution in [2.45, 2.75) is 21.6 Å². The van der Waals surface area contributed by atoms with Gasteiger partial charge < -0.3 is 10.8 Å². The first-order valence-corrected chi connectivity index (χ1v) is 8.41. The van der Waals surface area contributed by atoms with Crippen molar-refractivity contribution in [2.24, 2.45) is 5.73 Å². The van der Waals surface area contributed by atoms with Crippen molar-refractivity contribution in [3.63, 3.8) is 0 Å². The van der Waals surface area contributed by atoms with Gasteiger partial charge >= 0.3 is 5.97 Å². The van der Waals surface area contributed by atoms with Crippen LogP contribution >= 0.6 is 0 Å². The van der Waals surface area contributed by atoms with Gasteiger partial charge in [0.15, 0.2) is 9.84 Å². The highest BCUT2D eigenvalue weighted by Crippen LogP contribution is 2.55. The summed E-state index contributed by atoms with van der Waals surface area (Å²) in [6, 6.07) is 12.7. The molecule has 0 unspecified atom stereocenters. The van der Waals surface area contributed by atoms with Crippen molar-refractivity contribution >= 4 is 15.8 Å². The van der Waals surface area contributed by atoms with Crippen LogP contribution in [0.15, 0.2) is 59.5 Å². The van der Waals surface area contributed by atoms with Gasteiger partial charge in [-0.2, -0.15) is 0 Å². The molecule has 2 aromatic carbocycles. The first kappa shape index (κ1) is 15.6. The van der Waals surface area contributed by atoms with Crippen LogP contribution in [0, 0.1) is 5.82 Å². The molecule has 0 spiro atoms. The summed E-state index contributed by atoms with van der Waals surface area (Å²) in [7, 11) is -3.96. The summed E-state index contributed by atoms with van der Waals surface area (Å²) in [6.07, 6.45) is 0. The molecule has 23 heavy (non-hydrogen) atoms. The van der Waals surface area contributed by atoms with Crippen molar-refractivity contribution in [1.82, 2.24) is 0 Å². The monoisotopic (exact) mass is 335 g/mol. The van der Waals surface area contributed by atoms with E-state index in [0.29, 0.717) is 0 Å². The molecule has 0 amide bonds. The Morgan fingerprint density at radius 2 is 1.78 bits per heavy atom. The van der Waals surface area contributed by atoms with Crippen LogP contribution in [0.3, 0.4) is 0 Å². The molecule has 2 aromatic rings. The Bertz CT molecular complexity index is 869. The quantitative estimate of drug-likeness (QED) is 0.883. The van der Waals surface area contributed by atoms with Gasteiger partial charge in [-0.25, -0.2) is 12.8 Å². The maximum absolute atomic E-state index is 13.4. The molecule has 0 aromatic heterocycles. The lowest BCUT2D eigenvalue weighted by Gasteiger charge is -2.06. The standard InChI is InChI=1S/C16H14FNO4S/c17-11-6-4-5-10(9-11)13-14(16(13,18)15(19)20)23(21,22)12-7-2-1-3-8-12/h1-9,13-14H,18H2,(H,19,20)/t13-,14+,16+/m1/s1. The molecule has 5 nitrogen and oxygen atoms in total. The van der Waals surface area contributed by atoms with E-state index in [1.807, 2.05) is 0 Å². The van der Waals surface area contributed by atoms with Gasteiger partial charge in [-0.3, -0.25) is 4.79 Å². The third-order valence-corrected chi connectivity index (χ3v) is 6.42. The van der Waals surface area contributed by atoms with E-state index in [1.54, 1.807) is 18.2 Å². The highest BCUT2D eigenvalue weighted by atomic mass is 32.2. The van der Waals surface area contributed by atoms with E-state index in [1.165, 1.54) is 30.3 Å². The van der Waals surface area contributed by atoms with Crippen molar-refractivity contribution < 1.29 is 22.7 Å². The zero-order valence-electron chi connectivity index (χ0n) is 11.9. The minimum Gasteiger partial charge on any atom is -0.480 e. The topological polar surface area (TPSA) is 97.5 Å². The van der Waals surface area contributed by atoms with Gasteiger partial charge in [-0.15, -0.1) is 0 Å². The Morgan fingerprint density at radius 1 is 1.13 bits per heavy atom. The molecular weight excluding hydrogens is 321 g/mol. The van der Waals surface area contributed by atoms with Crippen LogP contribution in [0.1, 0.15) is 11.5 Å². The predicted molar refractivity (Wildman–Crippen MR) is 81.1 cm³/mol. The van der Waals surface area contributed by atoms with Crippen molar-refractivity contribution in [3.8, 4) is 0 Å². The first-order chi connectivity index (χ1) is 10.8. The van der Waals surface area contributed by atoms with E-state index in [2.05, 4.69) is 0 Å². The number of aliphatic carboxylic acids is 1. The second-order valence-electron chi connectivity index (χ2n) is 5.55. The summed E-state index contributed by atoms with van der Waals surface area (Å²) in [4.78, 5) is 11.6. The first-order valence-electron chi connectivity index (χ1n) is 6.86. The minimum atomic E-state index is -3.96. The van der Waals surface area contributed by atoms with E-state index in [4.69, 9.17) is 5.73 Å². The van der Waals surface area contributed by atoms with Crippen LogP contribution in [0.4, 0.5) is 4.39 Å². The van der Waals surface area contributed by atoms with Gasteiger partial charge in [0.1, 0.15) is 16.6 Å². The summed E-state index contributed by atoms with van der Waals surface area (Å²) in [5, 5.41) is 8.07. The Morgan fingerprint density at radius 3 is 2.35 bits per heavy atom. The molecule has 120 valence electrons. The Hall–Kier alpha value is -2.25. The van der Waals surface area contributed by atoms with Crippen molar-refractivity contribution in [2.75, 3.05) is 0 Å². The number of benzene rings is 2. The van der Waals surface area contributed by atoms with Crippen LogP contribution in [-0.2, 0) is 14.6 Å². The van der Waals surface area contributed by atoms with Gasteiger partial charge in [-0.05, 0) is 29.8 Å². The number of nitrogens with two attached hydrogens (primary N) is 1. The van der Waals surface area contributed by atoms with E-state index < -0.39 is 38.3 Å².